The number of hydrogen-bond donors (Lipinski definition) is 3. The number of anilines is 1. The van der Waals surface area contributed by atoms with Crippen molar-refractivity contribution in [2.24, 2.45) is 11.7 Å². The molecule has 24 heavy (non-hydrogen) atoms. The van der Waals surface area contributed by atoms with E-state index in [0.29, 0.717) is 18.2 Å². The molecule has 0 aliphatic rings. The Morgan fingerprint density at radius 1 is 1.33 bits per heavy atom. The molecule has 0 aliphatic heterocycles. The normalized spacial score (nSPS) is 10.6. The lowest BCUT2D eigenvalue weighted by atomic mass is 10.1. The van der Waals surface area contributed by atoms with E-state index in [9.17, 15) is 9.59 Å². The third kappa shape index (κ3) is 5.42. The summed E-state index contributed by atoms with van der Waals surface area (Å²) in [5, 5.41) is 5.55. The number of nitrogens with one attached hydrogen (secondary N) is 2. The molecule has 7 nitrogen and oxygen atoms in total. The fourth-order valence-electron chi connectivity index (χ4n) is 2.36. The van der Waals surface area contributed by atoms with Crippen LogP contribution in [-0.2, 0) is 24.3 Å². The van der Waals surface area contributed by atoms with Gasteiger partial charge >= 0.3 is 6.03 Å². The summed E-state index contributed by atoms with van der Waals surface area (Å²) in [6.07, 6.45) is 3.66. The molecule has 1 aromatic carbocycles. The highest BCUT2D eigenvalue weighted by Gasteiger charge is 2.07. The van der Waals surface area contributed by atoms with Gasteiger partial charge in [-0.15, -0.1) is 0 Å². The second kappa shape index (κ2) is 8.14. The van der Waals surface area contributed by atoms with Gasteiger partial charge in [0.25, 0.3) is 0 Å². The summed E-state index contributed by atoms with van der Waals surface area (Å²) in [7, 11) is 0. The van der Waals surface area contributed by atoms with E-state index in [0.717, 1.165) is 17.8 Å². The Balaban J connectivity index is 1.90. The minimum absolute atomic E-state index is 0.144. The summed E-state index contributed by atoms with van der Waals surface area (Å²) < 4.78 is 2.03. The number of primary amides is 1. The van der Waals surface area contributed by atoms with Crippen LogP contribution >= 0.6 is 0 Å². The second-order valence-corrected chi connectivity index (χ2v) is 6.08. The number of carbonyl (C=O) groups is 2. The molecule has 0 radical (unpaired) electrons. The van der Waals surface area contributed by atoms with E-state index in [1.807, 2.05) is 4.57 Å². The Morgan fingerprint density at radius 2 is 2.12 bits per heavy atom. The zero-order valence-electron chi connectivity index (χ0n) is 14.0. The van der Waals surface area contributed by atoms with Crippen LogP contribution in [0.3, 0.4) is 0 Å². The van der Waals surface area contributed by atoms with Crippen molar-refractivity contribution >= 4 is 17.6 Å². The highest BCUT2D eigenvalue weighted by molar-refractivity contribution is 5.89. The Morgan fingerprint density at radius 3 is 2.83 bits per heavy atom. The van der Waals surface area contributed by atoms with E-state index in [2.05, 4.69) is 29.5 Å². The van der Waals surface area contributed by atoms with Gasteiger partial charge in [0.15, 0.2) is 0 Å². The van der Waals surface area contributed by atoms with Gasteiger partial charge in [0.1, 0.15) is 0 Å². The maximum absolute atomic E-state index is 12.0. The van der Waals surface area contributed by atoms with E-state index < -0.39 is 5.91 Å². The number of imidazole rings is 1. The SMILES string of the molecule is CC(C)Cn1cncc1CNC(=O)Nc1cccc(CC(N)=O)c1. The van der Waals surface area contributed by atoms with E-state index in [1.54, 1.807) is 36.8 Å². The maximum Gasteiger partial charge on any atom is 0.319 e. The third-order valence-electron chi connectivity index (χ3n) is 3.35. The van der Waals surface area contributed by atoms with Gasteiger partial charge in [-0.3, -0.25) is 4.79 Å². The van der Waals surface area contributed by atoms with E-state index in [4.69, 9.17) is 5.73 Å². The molecule has 1 heterocycles. The van der Waals surface area contributed by atoms with Gasteiger partial charge in [-0.05, 0) is 23.6 Å². The number of nitrogens with two attached hydrogens (primary N) is 1. The molecule has 0 fully saturated rings. The number of nitrogens with zero attached hydrogens (tertiary/aromatic N) is 2. The molecule has 4 N–H and O–H groups in total. The van der Waals surface area contributed by atoms with Crippen LogP contribution < -0.4 is 16.4 Å². The molecule has 2 rings (SSSR count). The Bertz CT molecular complexity index is 709. The number of benzene rings is 1. The fourth-order valence-corrected chi connectivity index (χ4v) is 2.36. The van der Waals surface area contributed by atoms with Crippen molar-refractivity contribution in [2.45, 2.75) is 33.4 Å². The molecule has 2 aromatic rings. The Hall–Kier alpha value is -2.83. The van der Waals surface area contributed by atoms with Crippen LogP contribution in [0.25, 0.3) is 0 Å². The van der Waals surface area contributed by atoms with Crippen LogP contribution in [-0.4, -0.2) is 21.5 Å². The predicted octanol–water partition coefficient (Wildman–Crippen LogP) is 1.89. The van der Waals surface area contributed by atoms with Gasteiger partial charge in [0.05, 0.1) is 25.0 Å². The molecule has 0 atom stereocenters. The summed E-state index contributed by atoms with van der Waals surface area (Å²) in [6, 6.07) is 6.73. The number of aromatic nitrogens is 2. The average Bonchev–Trinajstić information content (AvgIpc) is 2.91. The quantitative estimate of drug-likeness (QED) is 0.723. The van der Waals surface area contributed by atoms with Crippen LogP contribution in [0.1, 0.15) is 25.1 Å². The Kier molecular flexibility index (Phi) is 5.95. The molecular formula is C17H23N5O2. The molecule has 7 heteroatoms. The van der Waals surface area contributed by atoms with E-state index in [1.165, 1.54) is 0 Å². The van der Waals surface area contributed by atoms with Gasteiger partial charge < -0.3 is 20.9 Å². The first kappa shape index (κ1) is 17.5. The molecule has 128 valence electrons. The van der Waals surface area contributed by atoms with Crippen molar-refractivity contribution in [1.82, 2.24) is 14.9 Å². The lowest BCUT2D eigenvalue weighted by Crippen LogP contribution is -2.29. The summed E-state index contributed by atoms with van der Waals surface area (Å²) in [4.78, 5) is 27.1. The summed E-state index contributed by atoms with van der Waals surface area (Å²) in [5.74, 6) is 0.0924. The van der Waals surface area contributed by atoms with Crippen LogP contribution in [0.2, 0.25) is 0 Å². The molecular weight excluding hydrogens is 306 g/mol. The molecule has 0 spiro atoms. The number of carbonyl (C=O) groups excluding carboxylic acids is 2. The molecule has 3 amide bonds. The second-order valence-electron chi connectivity index (χ2n) is 6.08. The van der Waals surface area contributed by atoms with Crippen molar-refractivity contribution in [2.75, 3.05) is 5.32 Å². The van der Waals surface area contributed by atoms with Crippen molar-refractivity contribution in [3.8, 4) is 0 Å². The summed E-state index contributed by atoms with van der Waals surface area (Å²) >= 11 is 0. The maximum atomic E-state index is 12.0. The molecule has 0 saturated carbocycles. The highest BCUT2D eigenvalue weighted by Crippen LogP contribution is 2.11. The Labute approximate surface area is 141 Å². The van der Waals surface area contributed by atoms with E-state index >= 15 is 0 Å². The topological polar surface area (TPSA) is 102 Å². The van der Waals surface area contributed by atoms with Gasteiger partial charge in [0, 0.05) is 18.4 Å². The molecule has 0 unspecified atom stereocenters. The van der Waals surface area contributed by atoms with Crippen LogP contribution in [0.4, 0.5) is 10.5 Å². The van der Waals surface area contributed by atoms with Gasteiger partial charge in [-0.2, -0.15) is 0 Å². The van der Waals surface area contributed by atoms with Crippen LogP contribution in [0.15, 0.2) is 36.8 Å². The number of urea groups is 1. The fraction of sp³-hybridized carbons (Fsp3) is 0.353. The van der Waals surface area contributed by atoms with E-state index in [-0.39, 0.29) is 12.5 Å². The molecule has 0 bridgehead atoms. The van der Waals surface area contributed by atoms with Crippen LogP contribution in [0.5, 0.6) is 0 Å². The molecule has 0 aliphatic carbocycles. The van der Waals surface area contributed by atoms with Crippen LogP contribution in [0, 0.1) is 5.92 Å². The average molecular weight is 329 g/mol. The molecule has 0 saturated heterocycles. The molecule has 1 aromatic heterocycles. The number of amides is 3. The summed E-state index contributed by atoms with van der Waals surface area (Å²) in [5.41, 5.74) is 7.50. The van der Waals surface area contributed by atoms with Crippen molar-refractivity contribution in [3.63, 3.8) is 0 Å². The lowest BCUT2D eigenvalue weighted by Gasteiger charge is -2.12. The highest BCUT2D eigenvalue weighted by atomic mass is 16.2. The predicted molar refractivity (Wildman–Crippen MR) is 92.3 cm³/mol. The monoisotopic (exact) mass is 329 g/mol. The third-order valence-corrected chi connectivity index (χ3v) is 3.35. The smallest absolute Gasteiger partial charge is 0.319 e. The van der Waals surface area contributed by atoms with Crippen molar-refractivity contribution in [3.05, 3.63) is 48.0 Å². The van der Waals surface area contributed by atoms with Crippen molar-refractivity contribution in [1.29, 1.82) is 0 Å². The minimum Gasteiger partial charge on any atom is -0.369 e. The first-order valence-electron chi connectivity index (χ1n) is 7.85. The first-order valence-corrected chi connectivity index (χ1v) is 7.85. The van der Waals surface area contributed by atoms with Gasteiger partial charge in [0.2, 0.25) is 5.91 Å². The first-order chi connectivity index (χ1) is 11.4. The largest absolute Gasteiger partial charge is 0.369 e. The zero-order chi connectivity index (χ0) is 17.5. The minimum atomic E-state index is -0.407. The van der Waals surface area contributed by atoms with Gasteiger partial charge in [-0.25, -0.2) is 9.78 Å². The number of hydrogen-bond acceptors (Lipinski definition) is 3. The van der Waals surface area contributed by atoms with Gasteiger partial charge in [-0.1, -0.05) is 26.0 Å². The number of rotatable bonds is 7. The van der Waals surface area contributed by atoms with Crippen molar-refractivity contribution < 1.29 is 9.59 Å². The lowest BCUT2D eigenvalue weighted by molar-refractivity contribution is -0.117. The zero-order valence-corrected chi connectivity index (χ0v) is 14.0. The summed E-state index contributed by atoms with van der Waals surface area (Å²) in [6.45, 7) is 5.50. The standard InChI is InChI=1S/C17H23N5O2/c1-12(2)10-22-11-19-8-15(22)9-20-17(24)21-14-5-3-4-13(6-14)7-16(18)23/h3-6,8,11-12H,7,9-10H2,1-2H3,(H2,18,23)(H2,20,21,24).